The van der Waals surface area contributed by atoms with Crippen LogP contribution < -0.4 is 17.0 Å². The van der Waals surface area contributed by atoms with Crippen LogP contribution in [-0.2, 0) is 20.6 Å². The lowest BCUT2D eigenvalue weighted by Crippen LogP contribution is -2.40. The number of aryl methyl sites for hydroxylation is 2. The summed E-state index contributed by atoms with van der Waals surface area (Å²) in [6, 6.07) is 6.44. The molecular formula is C20H23ClN6O4. The summed E-state index contributed by atoms with van der Waals surface area (Å²) < 4.78 is 3.92. The van der Waals surface area contributed by atoms with Crippen LogP contribution in [0.2, 0.25) is 5.02 Å². The van der Waals surface area contributed by atoms with Gasteiger partial charge in [0.2, 0.25) is 0 Å². The standard InChI is InChI=1S/C20H23ClN6O4/c1-25-16-18(24-17(25)15(22)10(8-28)9-29)26(2)20(31)27(19(16)30)7-11-6-12-13(21)4-3-5-14(12)23-11/h3-6,10,15,23,28-29H,7-9,22H2,1-2H3. The normalized spacial score (nSPS) is 13.0. The highest BCUT2D eigenvalue weighted by atomic mass is 35.5. The van der Waals surface area contributed by atoms with Gasteiger partial charge in [0, 0.05) is 41.6 Å². The van der Waals surface area contributed by atoms with Crippen LogP contribution in [0.25, 0.3) is 22.1 Å². The van der Waals surface area contributed by atoms with Gasteiger partial charge in [-0.25, -0.2) is 9.78 Å². The lowest BCUT2D eigenvalue weighted by molar-refractivity contribution is 0.128. The second-order valence-electron chi connectivity index (χ2n) is 7.58. The van der Waals surface area contributed by atoms with Crippen molar-refractivity contribution in [2.45, 2.75) is 12.6 Å². The summed E-state index contributed by atoms with van der Waals surface area (Å²) in [5.74, 6) is -0.351. The number of hydrogen-bond acceptors (Lipinski definition) is 6. The van der Waals surface area contributed by atoms with E-state index < -0.39 is 23.2 Å². The van der Waals surface area contributed by atoms with Crippen LogP contribution in [0.3, 0.4) is 0 Å². The minimum absolute atomic E-state index is 0.0227. The maximum absolute atomic E-state index is 13.3. The quantitative estimate of drug-likeness (QED) is 0.333. The maximum Gasteiger partial charge on any atom is 0.332 e. The Bertz CT molecular complexity index is 1390. The van der Waals surface area contributed by atoms with Gasteiger partial charge >= 0.3 is 5.69 Å². The van der Waals surface area contributed by atoms with Crippen molar-refractivity contribution < 1.29 is 10.2 Å². The van der Waals surface area contributed by atoms with Gasteiger partial charge in [0.25, 0.3) is 5.56 Å². The van der Waals surface area contributed by atoms with Crippen LogP contribution in [0.1, 0.15) is 17.6 Å². The van der Waals surface area contributed by atoms with Crippen LogP contribution >= 0.6 is 11.6 Å². The summed E-state index contributed by atoms with van der Waals surface area (Å²) in [7, 11) is 3.15. The molecule has 164 valence electrons. The molecule has 0 aliphatic heterocycles. The van der Waals surface area contributed by atoms with Crippen molar-refractivity contribution in [1.82, 2.24) is 23.7 Å². The van der Waals surface area contributed by atoms with Gasteiger partial charge in [-0.05, 0) is 18.2 Å². The van der Waals surface area contributed by atoms with Crippen molar-refractivity contribution >= 4 is 33.7 Å². The number of halogens is 1. The molecule has 0 saturated carbocycles. The lowest BCUT2D eigenvalue weighted by atomic mass is 10.0. The molecule has 1 unspecified atom stereocenters. The maximum atomic E-state index is 13.3. The Hall–Kier alpha value is -2.92. The molecule has 0 fully saturated rings. The highest BCUT2D eigenvalue weighted by molar-refractivity contribution is 6.35. The van der Waals surface area contributed by atoms with E-state index in [0.29, 0.717) is 16.5 Å². The largest absolute Gasteiger partial charge is 0.396 e. The van der Waals surface area contributed by atoms with E-state index in [-0.39, 0.29) is 30.9 Å². The Balaban J connectivity index is 1.87. The predicted octanol–water partition coefficient (Wildman–Crippen LogP) is 0.217. The molecule has 0 amide bonds. The number of aromatic nitrogens is 5. The molecule has 0 saturated heterocycles. The van der Waals surface area contributed by atoms with Crippen LogP contribution in [0, 0.1) is 5.92 Å². The van der Waals surface area contributed by atoms with Gasteiger partial charge in [-0.15, -0.1) is 0 Å². The fraction of sp³-hybridized carbons (Fsp3) is 0.350. The zero-order valence-corrected chi connectivity index (χ0v) is 17.8. The van der Waals surface area contributed by atoms with E-state index in [4.69, 9.17) is 17.3 Å². The summed E-state index contributed by atoms with van der Waals surface area (Å²) in [6.45, 7) is -0.658. The number of fused-ring (bicyclic) bond motifs is 2. The fourth-order valence-electron chi connectivity index (χ4n) is 3.83. The first-order chi connectivity index (χ1) is 14.8. The SMILES string of the molecule is Cn1c(C(N)C(CO)CO)nc2c1c(=O)n(Cc1cc3c(Cl)cccc3[nH]1)c(=O)n2C. The number of nitrogens with zero attached hydrogens (tertiary/aromatic N) is 4. The molecule has 0 radical (unpaired) electrons. The van der Waals surface area contributed by atoms with Gasteiger partial charge in [-0.2, -0.15) is 0 Å². The van der Waals surface area contributed by atoms with E-state index in [9.17, 15) is 19.8 Å². The molecule has 0 aliphatic carbocycles. The van der Waals surface area contributed by atoms with E-state index in [0.717, 1.165) is 15.5 Å². The van der Waals surface area contributed by atoms with Crippen molar-refractivity contribution in [3.63, 3.8) is 0 Å². The second kappa shape index (κ2) is 7.97. The Morgan fingerprint density at radius 1 is 1.19 bits per heavy atom. The number of rotatable bonds is 6. The number of imidazole rings is 1. The lowest BCUT2D eigenvalue weighted by Gasteiger charge is -2.19. The first-order valence-electron chi connectivity index (χ1n) is 9.68. The molecule has 1 atom stereocenters. The molecule has 0 spiro atoms. The average Bonchev–Trinajstić information content (AvgIpc) is 3.32. The smallest absolute Gasteiger partial charge is 0.332 e. The van der Waals surface area contributed by atoms with Crippen molar-refractivity contribution in [2.75, 3.05) is 13.2 Å². The average molecular weight is 447 g/mol. The third kappa shape index (κ3) is 3.37. The molecule has 10 nitrogen and oxygen atoms in total. The second-order valence-corrected chi connectivity index (χ2v) is 7.99. The molecule has 31 heavy (non-hydrogen) atoms. The van der Waals surface area contributed by atoms with Gasteiger partial charge in [-0.1, -0.05) is 17.7 Å². The predicted molar refractivity (Wildman–Crippen MR) is 117 cm³/mol. The number of hydrogen-bond donors (Lipinski definition) is 4. The molecule has 5 N–H and O–H groups in total. The van der Waals surface area contributed by atoms with Crippen LogP contribution in [0.4, 0.5) is 0 Å². The first-order valence-corrected chi connectivity index (χ1v) is 10.1. The number of aliphatic hydroxyl groups is 2. The fourth-order valence-corrected chi connectivity index (χ4v) is 4.05. The molecule has 0 aliphatic rings. The molecule has 3 heterocycles. The van der Waals surface area contributed by atoms with Gasteiger partial charge in [0.05, 0.1) is 25.8 Å². The molecule has 11 heteroatoms. The number of H-pyrrole nitrogens is 1. The summed E-state index contributed by atoms with van der Waals surface area (Å²) >= 11 is 6.23. The Morgan fingerprint density at radius 3 is 2.55 bits per heavy atom. The van der Waals surface area contributed by atoms with Crippen LogP contribution in [-0.4, -0.2) is 47.1 Å². The van der Waals surface area contributed by atoms with Gasteiger partial charge in [-0.3, -0.25) is 13.9 Å². The van der Waals surface area contributed by atoms with E-state index in [1.165, 1.54) is 16.2 Å². The van der Waals surface area contributed by atoms with Crippen LogP contribution in [0.15, 0.2) is 33.9 Å². The molecule has 3 aromatic heterocycles. The van der Waals surface area contributed by atoms with Gasteiger partial charge < -0.3 is 25.5 Å². The number of aliphatic hydroxyl groups excluding tert-OH is 2. The molecule has 0 bridgehead atoms. The molecule has 1 aromatic carbocycles. The third-order valence-electron chi connectivity index (χ3n) is 5.66. The minimum Gasteiger partial charge on any atom is -0.396 e. The minimum atomic E-state index is -0.814. The number of nitrogens with one attached hydrogen (secondary N) is 1. The highest BCUT2D eigenvalue weighted by Gasteiger charge is 2.26. The zero-order chi connectivity index (χ0) is 22.4. The molecule has 4 rings (SSSR count). The summed E-state index contributed by atoms with van der Waals surface area (Å²) in [4.78, 5) is 33.8. The first kappa shape index (κ1) is 21.3. The summed E-state index contributed by atoms with van der Waals surface area (Å²) in [5, 5.41) is 20.3. The van der Waals surface area contributed by atoms with E-state index >= 15 is 0 Å². The molecule has 4 aromatic rings. The summed E-state index contributed by atoms with van der Waals surface area (Å²) in [5.41, 5.74) is 6.98. The third-order valence-corrected chi connectivity index (χ3v) is 5.99. The van der Waals surface area contributed by atoms with Crippen molar-refractivity contribution in [2.24, 2.45) is 25.7 Å². The summed E-state index contributed by atoms with van der Waals surface area (Å²) in [6.07, 6.45) is 0. The molecular weight excluding hydrogens is 424 g/mol. The van der Waals surface area contributed by atoms with Gasteiger partial charge in [0.1, 0.15) is 5.82 Å². The topological polar surface area (TPSA) is 144 Å². The monoisotopic (exact) mass is 446 g/mol. The van der Waals surface area contributed by atoms with E-state index in [2.05, 4.69) is 9.97 Å². The van der Waals surface area contributed by atoms with Crippen LogP contribution in [0.5, 0.6) is 0 Å². The Morgan fingerprint density at radius 2 is 1.90 bits per heavy atom. The number of benzene rings is 1. The number of aromatic amines is 1. The Labute approximate surface area is 181 Å². The zero-order valence-electron chi connectivity index (χ0n) is 17.0. The number of nitrogens with two attached hydrogens (primary N) is 1. The van der Waals surface area contributed by atoms with E-state index in [1.807, 2.05) is 18.2 Å². The van der Waals surface area contributed by atoms with Crippen molar-refractivity contribution in [3.05, 3.63) is 61.6 Å². The Kier molecular flexibility index (Phi) is 5.48. The van der Waals surface area contributed by atoms with Crippen molar-refractivity contribution in [3.8, 4) is 0 Å². The van der Waals surface area contributed by atoms with Crippen molar-refractivity contribution in [1.29, 1.82) is 0 Å². The van der Waals surface area contributed by atoms with Gasteiger partial charge in [0.15, 0.2) is 11.2 Å². The van der Waals surface area contributed by atoms with E-state index in [1.54, 1.807) is 13.1 Å². The highest BCUT2D eigenvalue weighted by Crippen LogP contribution is 2.24.